The van der Waals surface area contributed by atoms with E-state index in [1.165, 1.54) is 19.2 Å². The van der Waals surface area contributed by atoms with Crippen LogP contribution in [-0.2, 0) is 13.1 Å². The molecule has 1 heterocycles. The molecule has 3 aromatic rings. The van der Waals surface area contributed by atoms with E-state index in [-0.39, 0.29) is 12.1 Å². The first-order valence-corrected chi connectivity index (χ1v) is 10.2. The van der Waals surface area contributed by atoms with Crippen LogP contribution in [-0.4, -0.2) is 45.4 Å². The zero-order valence-electron chi connectivity index (χ0n) is 16.8. The van der Waals surface area contributed by atoms with Crippen LogP contribution in [0.1, 0.15) is 31.2 Å². The first kappa shape index (κ1) is 19.2. The minimum atomic E-state index is -0.0167. The lowest BCUT2D eigenvalue weighted by Gasteiger charge is -2.30. The normalized spacial score (nSPS) is 14.2. The molecule has 4 rings (SSSR count). The highest BCUT2D eigenvalue weighted by molar-refractivity contribution is 5.91. The predicted molar refractivity (Wildman–Crippen MR) is 112 cm³/mol. The number of carbonyl (C=O) groups is 1. The van der Waals surface area contributed by atoms with Gasteiger partial charge in [0.25, 0.3) is 0 Å². The Hall–Kier alpha value is -3.09. The summed E-state index contributed by atoms with van der Waals surface area (Å²) in [5.41, 5.74) is 1.14. The number of methoxy groups -OCH3 is 1. The molecule has 0 atom stereocenters. The number of nitrogens with zero attached hydrogens (tertiary/aromatic N) is 4. The second-order valence-electron chi connectivity index (χ2n) is 7.43. The van der Waals surface area contributed by atoms with E-state index in [4.69, 9.17) is 4.74 Å². The standard InChI is InChI=1S/C22H27N5O2/c1-29-21-11-10-17(19-8-4-5-9-20(19)21)14-27(18-6-2-3-7-18)22(28)24-12-13-26-16-23-15-25-26/h4-5,8-11,15-16,18H,2-3,6-7,12-14H2,1H3,(H,24,28). The summed E-state index contributed by atoms with van der Waals surface area (Å²) in [4.78, 5) is 19.0. The summed E-state index contributed by atoms with van der Waals surface area (Å²) in [6.45, 7) is 1.72. The predicted octanol–water partition coefficient (Wildman–Crippen LogP) is 3.59. The van der Waals surface area contributed by atoms with Crippen molar-refractivity contribution in [1.29, 1.82) is 0 Å². The Bertz CT molecular complexity index is 951. The third-order valence-corrected chi connectivity index (χ3v) is 5.65. The number of urea groups is 1. The Kier molecular flexibility index (Phi) is 5.93. The van der Waals surface area contributed by atoms with E-state index in [0.717, 1.165) is 34.9 Å². The molecular formula is C22H27N5O2. The summed E-state index contributed by atoms with van der Waals surface area (Å²) < 4.78 is 7.24. The molecule has 2 amide bonds. The number of hydrogen-bond donors (Lipinski definition) is 1. The maximum atomic E-state index is 13.1. The maximum absolute atomic E-state index is 13.1. The lowest BCUT2D eigenvalue weighted by atomic mass is 10.0. The first-order valence-electron chi connectivity index (χ1n) is 10.2. The van der Waals surface area contributed by atoms with Crippen molar-refractivity contribution in [3.8, 4) is 5.75 Å². The quantitative estimate of drug-likeness (QED) is 0.666. The SMILES string of the molecule is COc1ccc(CN(C(=O)NCCn2cncn2)C2CCCC2)c2ccccc12. The van der Waals surface area contributed by atoms with Crippen LogP contribution in [0.2, 0.25) is 0 Å². The van der Waals surface area contributed by atoms with Gasteiger partial charge in [-0.2, -0.15) is 5.10 Å². The number of nitrogens with one attached hydrogen (secondary N) is 1. The van der Waals surface area contributed by atoms with E-state index < -0.39 is 0 Å². The maximum Gasteiger partial charge on any atom is 0.318 e. The molecule has 1 N–H and O–H groups in total. The van der Waals surface area contributed by atoms with Gasteiger partial charge in [-0.1, -0.05) is 43.2 Å². The van der Waals surface area contributed by atoms with Gasteiger partial charge in [0.15, 0.2) is 0 Å². The summed E-state index contributed by atoms with van der Waals surface area (Å²) in [5.74, 6) is 0.856. The summed E-state index contributed by atoms with van der Waals surface area (Å²) in [5, 5.41) is 9.35. The zero-order chi connectivity index (χ0) is 20.1. The highest BCUT2D eigenvalue weighted by Gasteiger charge is 2.27. The number of ether oxygens (including phenoxy) is 1. The fourth-order valence-corrected chi connectivity index (χ4v) is 4.14. The lowest BCUT2D eigenvalue weighted by Crippen LogP contribution is -2.45. The highest BCUT2D eigenvalue weighted by Crippen LogP contribution is 2.31. The topological polar surface area (TPSA) is 72.3 Å². The van der Waals surface area contributed by atoms with Crippen LogP contribution in [0.4, 0.5) is 4.79 Å². The Balaban J connectivity index is 1.53. The molecule has 2 aromatic carbocycles. The molecule has 7 heteroatoms. The van der Waals surface area contributed by atoms with Gasteiger partial charge < -0.3 is 15.0 Å². The number of carbonyl (C=O) groups excluding carboxylic acids is 1. The number of benzene rings is 2. The number of hydrogen-bond acceptors (Lipinski definition) is 4. The molecule has 0 saturated heterocycles. The molecule has 0 radical (unpaired) electrons. The second-order valence-corrected chi connectivity index (χ2v) is 7.43. The smallest absolute Gasteiger partial charge is 0.318 e. The first-order chi connectivity index (χ1) is 14.3. The van der Waals surface area contributed by atoms with Crippen LogP contribution in [0.5, 0.6) is 5.75 Å². The zero-order valence-corrected chi connectivity index (χ0v) is 16.8. The Morgan fingerprint density at radius 3 is 2.72 bits per heavy atom. The van der Waals surface area contributed by atoms with Crippen molar-refractivity contribution in [1.82, 2.24) is 25.0 Å². The molecular weight excluding hydrogens is 366 g/mol. The molecule has 29 heavy (non-hydrogen) atoms. The lowest BCUT2D eigenvalue weighted by molar-refractivity contribution is 0.171. The third-order valence-electron chi connectivity index (χ3n) is 5.65. The van der Waals surface area contributed by atoms with Crippen molar-refractivity contribution >= 4 is 16.8 Å². The van der Waals surface area contributed by atoms with Crippen molar-refractivity contribution in [3.05, 3.63) is 54.6 Å². The van der Waals surface area contributed by atoms with Gasteiger partial charge >= 0.3 is 6.03 Å². The van der Waals surface area contributed by atoms with Crippen molar-refractivity contribution in [2.45, 2.75) is 44.8 Å². The number of fused-ring (bicyclic) bond motifs is 1. The second kappa shape index (κ2) is 8.94. The summed E-state index contributed by atoms with van der Waals surface area (Å²) in [6, 6.07) is 12.5. The van der Waals surface area contributed by atoms with Crippen LogP contribution in [0.25, 0.3) is 10.8 Å². The van der Waals surface area contributed by atoms with Gasteiger partial charge in [0.05, 0.1) is 13.7 Å². The van der Waals surface area contributed by atoms with Crippen molar-refractivity contribution < 1.29 is 9.53 Å². The van der Waals surface area contributed by atoms with Gasteiger partial charge in [-0.15, -0.1) is 0 Å². The van der Waals surface area contributed by atoms with E-state index in [2.05, 4.69) is 33.6 Å². The van der Waals surface area contributed by atoms with Crippen molar-refractivity contribution in [2.75, 3.05) is 13.7 Å². The minimum Gasteiger partial charge on any atom is -0.496 e. The van der Waals surface area contributed by atoms with Crippen LogP contribution in [0.15, 0.2) is 49.1 Å². The molecule has 0 aliphatic heterocycles. The summed E-state index contributed by atoms with van der Waals surface area (Å²) in [6.07, 6.45) is 7.63. The number of rotatable bonds is 7. The Morgan fingerprint density at radius 2 is 2.00 bits per heavy atom. The fraction of sp³-hybridized carbons (Fsp3) is 0.409. The van der Waals surface area contributed by atoms with E-state index >= 15 is 0 Å². The van der Waals surface area contributed by atoms with Crippen molar-refractivity contribution in [3.63, 3.8) is 0 Å². The van der Waals surface area contributed by atoms with Crippen LogP contribution in [0.3, 0.4) is 0 Å². The van der Waals surface area contributed by atoms with Crippen LogP contribution >= 0.6 is 0 Å². The molecule has 0 spiro atoms. The van der Waals surface area contributed by atoms with Gasteiger partial charge in [0, 0.05) is 24.5 Å². The highest BCUT2D eigenvalue weighted by atomic mass is 16.5. The molecule has 0 unspecified atom stereocenters. The van der Waals surface area contributed by atoms with Gasteiger partial charge in [-0.25, -0.2) is 9.78 Å². The fourth-order valence-electron chi connectivity index (χ4n) is 4.14. The van der Waals surface area contributed by atoms with E-state index in [1.807, 2.05) is 23.1 Å². The molecule has 1 fully saturated rings. The van der Waals surface area contributed by atoms with Crippen LogP contribution in [0, 0.1) is 0 Å². The van der Waals surface area contributed by atoms with Crippen LogP contribution < -0.4 is 10.1 Å². The average molecular weight is 393 g/mol. The summed E-state index contributed by atoms with van der Waals surface area (Å²) >= 11 is 0. The molecule has 152 valence electrons. The molecule has 7 nitrogen and oxygen atoms in total. The molecule has 1 aromatic heterocycles. The monoisotopic (exact) mass is 393 g/mol. The Morgan fingerprint density at radius 1 is 1.21 bits per heavy atom. The molecule has 1 aliphatic rings. The van der Waals surface area contributed by atoms with E-state index in [0.29, 0.717) is 19.6 Å². The Labute approximate surface area is 170 Å². The third kappa shape index (κ3) is 4.34. The van der Waals surface area contributed by atoms with Gasteiger partial charge in [-0.05, 0) is 29.9 Å². The molecule has 1 aliphatic carbocycles. The van der Waals surface area contributed by atoms with E-state index in [9.17, 15) is 4.79 Å². The minimum absolute atomic E-state index is 0.0167. The largest absolute Gasteiger partial charge is 0.496 e. The molecule has 0 bridgehead atoms. The van der Waals surface area contributed by atoms with Gasteiger partial charge in [0.1, 0.15) is 18.4 Å². The van der Waals surface area contributed by atoms with Gasteiger partial charge in [0.2, 0.25) is 0 Å². The van der Waals surface area contributed by atoms with Crippen molar-refractivity contribution in [2.24, 2.45) is 0 Å². The van der Waals surface area contributed by atoms with E-state index in [1.54, 1.807) is 18.1 Å². The number of amides is 2. The summed E-state index contributed by atoms with van der Waals surface area (Å²) in [7, 11) is 1.69. The van der Waals surface area contributed by atoms with Gasteiger partial charge in [-0.3, -0.25) is 4.68 Å². The average Bonchev–Trinajstić information content (AvgIpc) is 3.46. The molecule has 1 saturated carbocycles. The number of aromatic nitrogens is 3.